The van der Waals surface area contributed by atoms with Gasteiger partial charge < -0.3 is 15.3 Å². The number of rotatable bonds is 2. The molecule has 2 N–H and O–H groups in total. The van der Waals surface area contributed by atoms with Crippen molar-refractivity contribution < 1.29 is 14.7 Å². The molecule has 0 bridgehead atoms. The van der Waals surface area contributed by atoms with Gasteiger partial charge in [-0.3, -0.25) is 0 Å². The highest BCUT2D eigenvalue weighted by Gasteiger charge is 2.18. The largest absolute Gasteiger partial charge is 0.478 e. The number of hydrogen-bond acceptors (Lipinski definition) is 3. The van der Waals surface area contributed by atoms with Crippen LogP contribution in [0.1, 0.15) is 16.8 Å². The molecule has 1 aromatic rings. The van der Waals surface area contributed by atoms with Gasteiger partial charge in [0, 0.05) is 23.3 Å². The second-order valence-corrected chi connectivity index (χ2v) is 6.52. The molecule has 0 saturated carbocycles. The highest BCUT2D eigenvalue weighted by atomic mass is 79.9. The topological polar surface area (TPSA) is 69.6 Å². The lowest BCUT2D eigenvalue weighted by molar-refractivity contribution is 0.0698. The summed E-state index contributed by atoms with van der Waals surface area (Å²) in [4.78, 5) is 25.1. The van der Waals surface area contributed by atoms with Crippen molar-refractivity contribution in [2.24, 2.45) is 0 Å². The summed E-state index contributed by atoms with van der Waals surface area (Å²) in [6.07, 6.45) is 0.961. The molecule has 1 aliphatic heterocycles. The van der Waals surface area contributed by atoms with Gasteiger partial charge in [0.15, 0.2) is 0 Å². The van der Waals surface area contributed by atoms with Gasteiger partial charge in [0.2, 0.25) is 0 Å². The lowest BCUT2D eigenvalue weighted by atomic mass is 10.2. The zero-order valence-electron chi connectivity index (χ0n) is 10.8. The number of carbonyl (C=O) groups excluding carboxylic acids is 1. The van der Waals surface area contributed by atoms with Crippen LogP contribution in [0.25, 0.3) is 0 Å². The summed E-state index contributed by atoms with van der Waals surface area (Å²) >= 11 is 5.11. The number of anilines is 1. The molecule has 0 unspecified atom stereocenters. The predicted molar refractivity (Wildman–Crippen MR) is 83.6 cm³/mol. The number of carboxylic acids is 1. The molecule has 0 aliphatic carbocycles. The maximum absolute atomic E-state index is 12.2. The molecule has 0 radical (unpaired) electrons. The van der Waals surface area contributed by atoms with Crippen LogP contribution >= 0.6 is 27.7 Å². The third kappa shape index (κ3) is 3.89. The van der Waals surface area contributed by atoms with E-state index in [1.54, 1.807) is 17.0 Å². The van der Waals surface area contributed by atoms with Gasteiger partial charge in [0.1, 0.15) is 0 Å². The summed E-state index contributed by atoms with van der Waals surface area (Å²) in [5.41, 5.74) is 0.402. The molecule has 20 heavy (non-hydrogen) atoms. The van der Waals surface area contributed by atoms with Gasteiger partial charge in [-0.25, -0.2) is 9.59 Å². The first-order chi connectivity index (χ1) is 9.58. The fraction of sp³-hybridized carbons (Fsp3) is 0.385. The number of carboxylic acid groups (broad SMARTS) is 1. The molecule has 7 heteroatoms. The summed E-state index contributed by atoms with van der Waals surface area (Å²) in [5.74, 6) is 0.915. The lowest BCUT2D eigenvalue weighted by Gasteiger charge is -2.21. The van der Waals surface area contributed by atoms with Crippen LogP contribution in [0.4, 0.5) is 10.5 Å². The number of benzene rings is 1. The minimum absolute atomic E-state index is 0.0887. The van der Waals surface area contributed by atoms with Gasteiger partial charge >= 0.3 is 12.0 Å². The van der Waals surface area contributed by atoms with Crippen LogP contribution in [0.15, 0.2) is 22.7 Å². The fourth-order valence-corrected chi connectivity index (χ4v) is 3.20. The summed E-state index contributed by atoms with van der Waals surface area (Å²) < 4.78 is 0.726. The number of nitrogens with one attached hydrogen (secondary N) is 1. The van der Waals surface area contributed by atoms with Crippen LogP contribution in [-0.2, 0) is 0 Å². The van der Waals surface area contributed by atoms with E-state index < -0.39 is 5.97 Å². The standard InChI is InChI=1S/C13H15BrN2O3S/c14-9-2-3-10(12(17)18)11(8-9)15-13(19)16-4-1-6-20-7-5-16/h2-3,8H,1,4-7H2,(H,15,19)(H,17,18). The Morgan fingerprint density at radius 1 is 1.30 bits per heavy atom. The van der Waals surface area contributed by atoms with Gasteiger partial charge in [-0.15, -0.1) is 0 Å². The Kier molecular flexibility index (Phi) is 5.31. The molecular formula is C13H15BrN2O3S. The summed E-state index contributed by atoms with van der Waals surface area (Å²) in [6, 6.07) is 4.48. The smallest absolute Gasteiger partial charge is 0.337 e. The first-order valence-corrected chi connectivity index (χ1v) is 8.19. The summed E-state index contributed by atoms with van der Waals surface area (Å²) in [7, 11) is 0. The van der Waals surface area contributed by atoms with Crippen molar-refractivity contribution in [1.82, 2.24) is 4.90 Å². The molecule has 1 aliphatic rings. The molecule has 0 spiro atoms. The second kappa shape index (κ2) is 6.99. The Labute approximate surface area is 129 Å². The van der Waals surface area contributed by atoms with E-state index >= 15 is 0 Å². The maximum atomic E-state index is 12.2. The van der Waals surface area contributed by atoms with Gasteiger partial charge in [-0.1, -0.05) is 15.9 Å². The van der Waals surface area contributed by atoms with Crippen molar-refractivity contribution >= 4 is 45.4 Å². The average Bonchev–Trinajstić information content (AvgIpc) is 2.67. The Hall–Kier alpha value is -1.21. The fourth-order valence-electron chi connectivity index (χ4n) is 1.95. The Balaban J connectivity index is 2.14. The molecule has 1 saturated heterocycles. The maximum Gasteiger partial charge on any atom is 0.337 e. The molecule has 108 valence electrons. The molecule has 0 atom stereocenters. The van der Waals surface area contributed by atoms with Crippen molar-refractivity contribution in [2.45, 2.75) is 6.42 Å². The van der Waals surface area contributed by atoms with Crippen molar-refractivity contribution in [3.8, 4) is 0 Å². The van der Waals surface area contributed by atoms with E-state index in [4.69, 9.17) is 5.11 Å². The summed E-state index contributed by atoms with van der Waals surface area (Å²) in [6.45, 7) is 1.39. The van der Waals surface area contributed by atoms with Crippen LogP contribution in [-0.4, -0.2) is 46.6 Å². The van der Waals surface area contributed by atoms with E-state index in [1.807, 2.05) is 11.8 Å². The quantitative estimate of drug-likeness (QED) is 0.851. The van der Waals surface area contributed by atoms with Crippen molar-refractivity contribution in [3.05, 3.63) is 28.2 Å². The molecule has 1 aromatic carbocycles. The molecule has 2 amide bonds. The molecular weight excluding hydrogens is 344 g/mol. The highest BCUT2D eigenvalue weighted by Crippen LogP contribution is 2.22. The van der Waals surface area contributed by atoms with E-state index in [0.717, 1.165) is 22.4 Å². The normalized spacial score (nSPS) is 15.6. The Morgan fingerprint density at radius 2 is 2.10 bits per heavy atom. The molecule has 1 fully saturated rings. The molecule has 5 nitrogen and oxygen atoms in total. The van der Waals surface area contributed by atoms with Crippen LogP contribution in [0.3, 0.4) is 0 Å². The first-order valence-electron chi connectivity index (χ1n) is 6.24. The SMILES string of the molecule is O=C(O)c1ccc(Br)cc1NC(=O)N1CCCSCC1. The second-order valence-electron chi connectivity index (χ2n) is 4.38. The zero-order valence-corrected chi connectivity index (χ0v) is 13.2. The van der Waals surface area contributed by atoms with Gasteiger partial charge in [-0.05, 0) is 30.4 Å². The first kappa shape index (κ1) is 15.2. The zero-order chi connectivity index (χ0) is 14.5. The van der Waals surface area contributed by atoms with Gasteiger partial charge in [0.25, 0.3) is 0 Å². The van der Waals surface area contributed by atoms with E-state index in [1.165, 1.54) is 6.07 Å². The number of hydrogen-bond donors (Lipinski definition) is 2. The Bertz CT molecular complexity index is 516. The van der Waals surface area contributed by atoms with E-state index in [0.29, 0.717) is 18.8 Å². The predicted octanol–water partition coefficient (Wildman–Crippen LogP) is 3.12. The number of aromatic carboxylic acids is 1. The van der Waals surface area contributed by atoms with E-state index in [2.05, 4.69) is 21.2 Å². The number of urea groups is 1. The number of halogens is 1. The Morgan fingerprint density at radius 3 is 2.85 bits per heavy atom. The minimum atomic E-state index is -1.06. The highest BCUT2D eigenvalue weighted by molar-refractivity contribution is 9.10. The lowest BCUT2D eigenvalue weighted by Crippen LogP contribution is -2.36. The third-order valence-corrected chi connectivity index (χ3v) is 4.50. The monoisotopic (exact) mass is 358 g/mol. The number of amides is 2. The average molecular weight is 359 g/mol. The third-order valence-electron chi connectivity index (χ3n) is 2.96. The van der Waals surface area contributed by atoms with E-state index in [9.17, 15) is 9.59 Å². The van der Waals surface area contributed by atoms with Crippen molar-refractivity contribution in [2.75, 3.05) is 29.9 Å². The van der Waals surface area contributed by atoms with Crippen LogP contribution in [0.5, 0.6) is 0 Å². The number of thioether (sulfide) groups is 1. The van der Waals surface area contributed by atoms with Crippen LogP contribution < -0.4 is 5.32 Å². The number of nitrogens with zero attached hydrogens (tertiary/aromatic N) is 1. The summed E-state index contributed by atoms with van der Waals surface area (Å²) in [5, 5.41) is 11.8. The number of carbonyl (C=O) groups is 2. The van der Waals surface area contributed by atoms with Crippen molar-refractivity contribution in [1.29, 1.82) is 0 Å². The molecule has 1 heterocycles. The van der Waals surface area contributed by atoms with E-state index in [-0.39, 0.29) is 11.6 Å². The van der Waals surface area contributed by atoms with Crippen molar-refractivity contribution in [3.63, 3.8) is 0 Å². The molecule has 2 rings (SSSR count). The van der Waals surface area contributed by atoms with Gasteiger partial charge in [-0.2, -0.15) is 11.8 Å². The van der Waals surface area contributed by atoms with Gasteiger partial charge in [0.05, 0.1) is 11.3 Å². The van der Waals surface area contributed by atoms with Crippen LogP contribution in [0, 0.1) is 0 Å². The van der Waals surface area contributed by atoms with Crippen LogP contribution in [0.2, 0.25) is 0 Å². The minimum Gasteiger partial charge on any atom is -0.478 e. The molecule has 0 aromatic heterocycles.